The number of aromatic nitrogens is 2. The third kappa shape index (κ3) is 2.64. The molecule has 2 aromatic rings. The Labute approximate surface area is 100 Å². The number of nitrogens with one attached hydrogen (secondary N) is 2. The van der Waals surface area contributed by atoms with Gasteiger partial charge in [0.25, 0.3) is 5.91 Å². The van der Waals surface area contributed by atoms with Gasteiger partial charge < -0.3 is 10.3 Å². The molecule has 1 heterocycles. The average molecular weight is 231 g/mol. The fourth-order valence-corrected chi connectivity index (χ4v) is 1.82. The van der Waals surface area contributed by atoms with E-state index in [-0.39, 0.29) is 5.91 Å². The molecule has 1 aromatic heterocycles. The summed E-state index contributed by atoms with van der Waals surface area (Å²) < 4.78 is 0. The minimum Gasteiger partial charge on any atom is -0.352 e. The summed E-state index contributed by atoms with van der Waals surface area (Å²) in [5.74, 6) is -0.0428. The molecule has 0 aliphatic heterocycles. The predicted molar refractivity (Wildman–Crippen MR) is 68.0 cm³/mol. The maximum atomic E-state index is 12.0. The number of aromatic amines is 1. The van der Waals surface area contributed by atoms with Gasteiger partial charge in [0.15, 0.2) is 0 Å². The first-order chi connectivity index (χ1) is 8.33. The Morgan fingerprint density at radius 3 is 3.12 bits per heavy atom. The number of unbranched alkanes of at least 4 members (excludes halogenated alkanes) is 2. The summed E-state index contributed by atoms with van der Waals surface area (Å²) in [4.78, 5) is 19.1. The zero-order chi connectivity index (χ0) is 12.1. The molecule has 0 saturated heterocycles. The number of carbonyl (C=O) groups excluding carboxylic acids is 1. The maximum absolute atomic E-state index is 12.0. The van der Waals surface area contributed by atoms with E-state index >= 15 is 0 Å². The van der Waals surface area contributed by atoms with E-state index in [0.29, 0.717) is 5.56 Å². The quantitative estimate of drug-likeness (QED) is 0.777. The van der Waals surface area contributed by atoms with E-state index in [1.165, 1.54) is 0 Å². The lowest BCUT2D eigenvalue weighted by molar-refractivity contribution is 0.0954. The number of fused-ring (bicyclic) bond motifs is 1. The summed E-state index contributed by atoms with van der Waals surface area (Å²) in [6.07, 6.45) is 4.94. The molecule has 4 nitrogen and oxygen atoms in total. The van der Waals surface area contributed by atoms with Gasteiger partial charge in [-0.1, -0.05) is 25.8 Å². The van der Waals surface area contributed by atoms with Crippen molar-refractivity contribution >= 4 is 16.9 Å². The van der Waals surface area contributed by atoms with Crippen LogP contribution in [0.3, 0.4) is 0 Å². The number of imidazole rings is 1. The van der Waals surface area contributed by atoms with Gasteiger partial charge in [0, 0.05) is 6.54 Å². The van der Waals surface area contributed by atoms with Gasteiger partial charge in [-0.15, -0.1) is 0 Å². The molecule has 0 aliphatic carbocycles. The number of hydrogen-bond donors (Lipinski definition) is 2. The molecule has 0 saturated carbocycles. The maximum Gasteiger partial charge on any atom is 0.253 e. The standard InChI is InChI=1S/C13H17N3O/c1-2-3-4-8-14-13(17)10-6-5-7-11-12(10)16-9-15-11/h5-7,9H,2-4,8H2,1H3,(H,14,17)(H,15,16). The SMILES string of the molecule is CCCCCNC(=O)c1cccc2[nH]cnc12. The van der Waals surface area contributed by atoms with Gasteiger partial charge in [-0.05, 0) is 18.6 Å². The second-order valence-electron chi connectivity index (χ2n) is 4.07. The Balaban J connectivity index is 2.06. The van der Waals surface area contributed by atoms with E-state index in [2.05, 4.69) is 22.2 Å². The van der Waals surface area contributed by atoms with Crippen molar-refractivity contribution in [3.8, 4) is 0 Å². The molecule has 17 heavy (non-hydrogen) atoms. The van der Waals surface area contributed by atoms with Gasteiger partial charge in [0.1, 0.15) is 5.52 Å². The highest BCUT2D eigenvalue weighted by atomic mass is 16.1. The second kappa shape index (κ2) is 5.48. The molecule has 2 rings (SSSR count). The van der Waals surface area contributed by atoms with Gasteiger partial charge in [-0.3, -0.25) is 4.79 Å². The van der Waals surface area contributed by atoms with Crippen LogP contribution in [0.25, 0.3) is 11.0 Å². The Hall–Kier alpha value is -1.84. The van der Waals surface area contributed by atoms with Crippen molar-refractivity contribution in [1.29, 1.82) is 0 Å². The Morgan fingerprint density at radius 1 is 1.41 bits per heavy atom. The third-order valence-corrected chi connectivity index (χ3v) is 2.76. The first-order valence-electron chi connectivity index (χ1n) is 6.03. The molecule has 0 aliphatic rings. The molecule has 0 unspecified atom stereocenters. The zero-order valence-electron chi connectivity index (χ0n) is 9.99. The molecule has 0 spiro atoms. The van der Waals surface area contributed by atoms with Crippen LogP contribution < -0.4 is 5.32 Å². The molecule has 0 radical (unpaired) electrons. The van der Waals surface area contributed by atoms with Crippen molar-refractivity contribution in [3.05, 3.63) is 30.1 Å². The number of amides is 1. The Morgan fingerprint density at radius 2 is 2.29 bits per heavy atom. The number of carbonyl (C=O) groups is 1. The minimum atomic E-state index is -0.0428. The van der Waals surface area contributed by atoms with Crippen LogP contribution >= 0.6 is 0 Å². The van der Waals surface area contributed by atoms with E-state index in [4.69, 9.17) is 0 Å². The minimum absolute atomic E-state index is 0.0428. The lowest BCUT2D eigenvalue weighted by Gasteiger charge is -2.05. The van der Waals surface area contributed by atoms with Gasteiger partial charge in [-0.25, -0.2) is 4.98 Å². The number of para-hydroxylation sites is 1. The molecule has 0 bridgehead atoms. The monoisotopic (exact) mass is 231 g/mol. The highest BCUT2D eigenvalue weighted by molar-refractivity contribution is 6.04. The van der Waals surface area contributed by atoms with Crippen LogP contribution in [0.15, 0.2) is 24.5 Å². The molecule has 1 aromatic carbocycles. The average Bonchev–Trinajstić information content (AvgIpc) is 2.82. The van der Waals surface area contributed by atoms with Crippen LogP contribution in [-0.4, -0.2) is 22.4 Å². The summed E-state index contributed by atoms with van der Waals surface area (Å²) in [6, 6.07) is 5.58. The highest BCUT2D eigenvalue weighted by Gasteiger charge is 2.10. The van der Waals surface area contributed by atoms with E-state index in [1.807, 2.05) is 12.1 Å². The van der Waals surface area contributed by atoms with Crippen molar-refractivity contribution in [2.75, 3.05) is 6.54 Å². The molecule has 90 valence electrons. The summed E-state index contributed by atoms with van der Waals surface area (Å²) in [5, 5.41) is 2.92. The number of rotatable bonds is 5. The molecule has 4 heteroatoms. The van der Waals surface area contributed by atoms with E-state index in [1.54, 1.807) is 12.4 Å². The fraction of sp³-hybridized carbons (Fsp3) is 0.385. The van der Waals surface area contributed by atoms with E-state index in [0.717, 1.165) is 36.8 Å². The summed E-state index contributed by atoms with van der Waals surface area (Å²) >= 11 is 0. The number of H-pyrrole nitrogens is 1. The van der Waals surface area contributed by atoms with Gasteiger partial charge in [0.2, 0.25) is 0 Å². The number of nitrogens with zero attached hydrogens (tertiary/aromatic N) is 1. The van der Waals surface area contributed by atoms with Crippen LogP contribution in [0, 0.1) is 0 Å². The molecular weight excluding hydrogens is 214 g/mol. The fourth-order valence-electron chi connectivity index (χ4n) is 1.82. The van der Waals surface area contributed by atoms with Gasteiger partial charge >= 0.3 is 0 Å². The topological polar surface area (TPSA) is 57.8 Å². The lowest BCUT2D eigenvalue weighted by atomic mass is 10.1. The highest BCUT2D eigenvalue weighted by Crippen LogP contribution is 2.14. The third-order valence-electron chi connectivity index (χ3n) is 2.76. The van der Waals surface area contributed by atoms with Crippen molar-refractivity contribution in [2.45, 2.75) is 26.2 Å². The predicted octanol–water partition coefficient (Wildman–Crippen LogP) is 2.48. The summed E-state index contributed by atoms with van der Waals surface area (Å²) in [5.41, 5.74) is 2.27. The number of hydrogen-bond acceptors (Lipinski definition) is 2. The van der Waals surface area contributed by atoms with E-state index < -0.39 is 0 Å². The smallest absolute Gasteiger partial charge is 0.253 e. The van der Waals surface area contributed by atoms with Gasteiger partial charge in [0.05, 0.1) is 17.4 Å². The molecular formula is C13H17N3O. The summed E-state index contributed by atoms with van der Waals surface area (Å²) in [7, 11) is 0. The van der Waals surface area contributed by atoms with Crippen LogP contribution in [0.4, 0.5) is 0 Å². The van der Waals surface area contributed by atoms with Crippen LogP contribution in [-0.2, 0) is 0 Å². The molecule has 2 N–H and O–H groups in total. The molecule has 1 amide bonds. The second-order valence-corrected chi connectivity index (χ2v) is 4.07. The van der Waals surface area contributed by atoms with Crippen molar-refractivity contribution < 1.29 is 4.79 Å². The van der Waals surface area contributed by atoms with Crippen molar-refractivity contribution in [3.63, 3.8) is 0 Å². The first kappa shape index (κ1) is 11.6. The van der Waals surface area contributed by atoms with Crippen LogP contribution in [0.1, 0.15) is 36.5 Å². The summed E-state index contributed by atoms with van der Waals surface area (Å²) in [6.45, 7) is 2.87. The largest absolute Gasteiger partial charge is 0.352 e. The van der Waals surface area contributed by atoms with Crippen molar-refractivity contribution in [2.24, 2.45) is 0 Å². The van der Waals surface area contributed by atoms with Crippen LogP contribution in [0.5, 0.6) is 0 Å². The first-order valence-corrected chi connectivity index (χ1v) is 6.03. The van der Waals surface area contributed by atoms with Crippen LogP contribution in [0.2, 0.25) is 0 Å². The zero-order valence-corrected chi connectivity index (χ0v) is 9.99. The van der Waals surface area contributed by atoms with Crippen molar-refractivity contribution in [1.82, 2.24) is 15.3 Å². The lowest BCUT2D eigenvalue weighted by Crippen LogP contribution is -2.24. The molecule has 0 atom stereocenters. The Bertz CT molecular complexity index is 504. The Kier molecular flexibility index (Phi) is 3.75. The van der Waals surface area contributed by atoms with E-state index in [9.17, 15) is 4.79 Å². The van der Waals surface area contributed by atoms with Gasteiger partial charge in [-0.2, -0.15) is 0 Å². The number of benzene rings is 1. The molecule has 0 fully saturated rings. The normalized spacial score (nSPS) is 10.6.